The van der Waals surface area contributed by atoms with Crippen molar-refractivity contribution in [2.24, 2.45) is 0 Å². The Labute approximate surface area is 185 Å². The maximum atomic E-state index is 13.5. The molecule has 0 saturated carbocycles. The Kier molecular flexibility index (Phi) is 4.71. The van der Waals surface area contributed by atoms with Gasteiger partial charge in [-0.1, -0.05) is 29.8 Å². The molecule has 1 aliphatic rings. The molecule has 0 fully saturated rings. The molecule has 1 amide bonds. The Morgan fingerprint density at radius 2 is 1.97 bits per heavy atom. The number of carbonyl (C=O) groups is 1. The van der Waals surface area contributed by atoms with Crippen molar-refractivity contribution in [1.82, 2.24) is 9.88 Å². The second kappa shape index (κ2) is 7.58. The van der Waals surface area contributed by atoms with Crippen LogP contribution in [-0.4, -0.2) is 20.7 Å². The molecule has 1 aliphatic heterocycles. The van der Waals surface area contributed by atoms with E-state index >= 15 is 0 Å². The Balaban J connectivity index is 1.75. The van der Waals surface area contributed by atoms with Crippen LogP contribution >= 0.6 is 11.6 Å². The molecular weight excluding hydrogens is 434 g/mol. The summed E-state index contributed by atoms with van der Waals surface area (Å²) < 4.78 is 5.85. The molecule has 2 aromatic heterocycles. The standard InChI is InChI=1S/C23H14ClN3O5/c24-15-6-7-18-17(10-15)21(28)19-20(14-4-1-5-16(9-14)27(30)31)26(23(29)22(19)32-18)12-13-3-2-8-25-11-13/h1-11,20H,12H2. The minimum atomic E-state index is -0.864. The normalized spacial score (nSPS) is 15.2. The minimum absolute atomic E-state index is 0.0785. The fourth-order valence-electron chi connectivity index (χ4n) is 4.00. The molecule has 5 rings (SSSR count). The van der Waals surface area contributed by atoms with E-state index in [1.807, 2.05) is 0 Å². The van der Waals surface area contributed by atoms with Crippen LogP contribution in [0.3, 0.4) is 0 Å². The van der Waals surface area contributed by atoms with Gasteiger partial charge in [0.2, 0.25) is 5.76 Å². The first-order chi connectivity index (χ1) is 15.4. The number of aromatic nitrogens is 1. The van der Waals surface area contributed by atoms with Crippen molar-refractivity contribution < 1.29 is 14.1 Å². The van der Waals surface area contributed by atoms with Gasteiger partial charge in [0.1, 0.15) is 5.58 Å². The highest BCUT2D eigenvalue weighted by Crippen LogP contribution is 2.40. The number of nitro groups is 1. The summed E-state index contributed by atoms with van der Waals surface area (Å²) in [7, 11) is 0. The Morgan fingerprint density at radius 1 is 1.12 bits per heavy atom. The highest BCUT2D eigenvalue weighted by atomic mass is 35.5. The van der Waals surface area contributed by atoms with Gasteiger partial charge in [-0.2, -0.15) is 0 Å². The molecule has 0 bridgehead atoms. The summed E-state index contributed by atoms with van der Waals surface area (Å²) in [6, 6.07) is 13.2. The first kappa shape index (κ1) is 19.9. The SMILES string of the molecule is O=C1c2oc3ccc(Cl)cc3c(=O)c2C(c2cccc([N+](=O)[O-])c2)N1Cc1cccnc1. The van der Waals surface area contributed by atoms with Crippen LogP contribution in [0, 0.1) is 10.1 Å². The summed E-state index contributed by atoms with van der Waals surface area (Å²) in [5.41, 5.74) is 1.01. The molecule has 3 heterocycles. The quantitative estimate of drug-likeness (QED) is 0.337. The largest absolute Gasteiger partial charge is 0.450 e. The topological polar surface area (TPSA) is 107 Å². The molecule has 0 N–H and O–H groups in total. The molecule has 0 aliphatic carbocycles. The lowest BCUT2D eigenvalue weighted by atomic mass is 9.98. The lowest BCUT2D eigenvalue weighted by molar-refractivity contribution is -0.384. The third-order valence-corrected chi connectivity index (χ3v) is 5.64. The number of amides is 1. The van der Waals surface area contributed by atoms with Crippen molar-refractivity contribution in [3.8, 4) is 0 Å². The number of carbonyl (C=O) groups excluding carboxylic acids is 1. The third-order valence-electron chi connectivity index (χ3n) is 5.40. The molecule has 0 saturated heterocycles. The van der Waals surface area contributed by atoms with Crippen LogP contribution in [0.1, 0.15) is 33.3 Å². The summed E-state index contributed by atoms with van der Waals surface area (Å²) in [5.74, 6) is -0.556. The average Bonchev–Trinajstić information content (AvgIpc) is 3.07. The van der Waals surface area contributed by atoms with Gasteiger partial charge in [0.05, 0.1) is 21.9 Å². The maximum absolute atomic E-state index is 13.5. The molecule has 9 heteroatoms. The van der Waals surface area contributed by atoms with E-state index in [-0.39, 0.29) is 34.5 Å². The summed E-state index contributed by atoms with van der Waals surface area (Å²) >= 11 is 6.08. The number of hydrogen-bond acceptors (Lipinski definition) is 6. The molecule has 4 aromatic rings. The Hall–Kier alpha value is -4.04. The number of halogens is 1. The number of nitrogens with zero attached hydrogens (tertiary/aromatic N) is 3. The van der Waals surface area contributed by atoms with Crippen LogP contribution < -0.4 is 5.43 Å². The third kappa shape index (κ3) is 3.21. The van der Waals surface area contributed by atoms with E-state index in [2.05, 4.69) is 4.98 Å². The molecule has 2 aromatic carbocycles. The smallest absolute Gasteiger partial charge is 0.291 e. The number of hydrogen-bond donors (Lipinski definition) is 0. The van der Waals surface area contributed by atoms with Crippen LogP contribution in [0.5, 0.6) is 0 Å². The van der Waals surface area contributed by atoms with Crippen molar-refractivity contribution in [3.63, 3.8) is 0 Å². The van der Waals surface area contributed by atoms with Crippen molar-refractivity contribution in [1.29, 1.82) is 0 Å². The van der Waals surface area contributed by atoms with Gasteiger partial charge in [-0.3, -0.25) is 24.7 Å². The van der Waals surface area contributed by atoms with Gasteiger partial charge < -0.3 is 9.32 Å². The maximum Gasteiger partial charge on any atom is 0.291 e. The number of rotatable bonds is 4. The Morgan fingerprint density at radius 3 is 2.72 bits per heavy atom. The monoisotopic (exact) mass is 447 g/mol. The lowest BCUT2D eigenvalue weighted by Crippen LogP contribution is -2.29. The van der Waals surface area contributed by atoms with Gasteiger partial charge >= 0.3 is 0 Å². The second-order valence-electron chi connectivity index (χ2n) is 7.36. The molecule has 0 radical (unpaired) electrons. The van der Waals surface area contributed by atoms with Crippen molar-refractivity contribution in [2.45, 2.75) is 12.6 Å². The summed E-state index contributed by atoms with van der Waals surface area (Å²) in [6.45, 7) is 0.140. The first-order valence-electron chi connectivity index (χ1n) is 9.64. The molecule has 0 spiro atoms. The zero-order valence-corrected chi connectivity index (χ0v) is 17.2. The van der Waals surface area contributed by atoms with Crippen molar-refractivity contribution >= 4 is 34.2 Å². The molecule has 158 valence electrons. The van der Waals surface area contributed by atoms with E-state index in [1.54, 1.807) is 42.7 Å². The Bertz CT molecular complexity index is 1450. The van der Waals surface area contributed by atoms with Crippen LogP contribution in [-0.2, 0) is 6.54 Å². The minimum Gasteiger partial charge on any atom is -0.450 e. The van der Waals surface area contributed by atoms with E-state index in [9.17, 15) is 19.7 Å². The number of fused-ring (bicyclic) bond motifs is 2. The zero-order valence-electron chi connectivity index (χ0n) is 16.4. The van der Waals surface area contributed by atoms with E-state index in [4.69, 9.17) is 16.0 Å². The van der Waals surface area contributed by atoms with Gasteiger partial charge in [0, 0.05) is 36.1 Å². The van der Waals surface area contributed by atoms with Crippen LogP contribution in [0.2, 0.25) is 5.02 Å². The van der Waals surface area contributed by atoms with Crippen LogP contribution in [0.25, 0.3) is 11.0 Å². The fraction of sp³-hybridized carbons (Fsp3) is 0.0870. The first-order valence-corrected chi connectivity index (χ1v) is 10.0. The van der Waals surface area contributed by atoms with Gasteiger partial charge in [-0.05, 0) is 35.4 Å². The fourth-order valence-corrected chi connectivity index (χ4v) is 4.17. The van der Waals surface area contributed by atoms with Crippen LogP contribution in [0.4, 0.5) is 5.69 Å². The molecule has 1 unspecified atom stereocenters. The van der Waals surface area contributed by atoms with Gasteiger partial charge in [0.25, 0.3) is 11.6 Å². The number of benzene rings is 2. The van der Waals surface area contributed by atoms with Crippen molar-refractivity contribution in [3.05, 3.63) is 115 Å². The van der Waals surface area contributed by atoms with Crippen LogP contribution in [0.15, 0.2) is 76.2 Å². The number of non-ortho nitro benzene ring substituents is 1. The molecule has 1 atom stereocenters. The average molecular weight is 448 g/mol. The molecular formula is C23H14ClN3O5. The summed E-state index contributed by atoms with van der Waals surface area (Å²) in [6.07, 6.45) is 3.23. The zero-order chi connectivity index (χ0) is 22.4. The van der Waals surface area contributed by atoms with E-state index in [0.717, 1.165) is 5.56 Å². The predicted molar refractivity (Wildman–Crippen MR) is 117 cm³/mol. The number of pyridine rings is 1. The highest BCUT2D eigenvalue weighted by molar-refractivity contribution is 6.31. The summed E-state index contributed by atoms with van der Waals surface area (Å²) in [4.78, 5) is 43.2. The van der Waals surface area contributed by atoms with Gasteiger partial charge in [-0.15, -0.1) is 0 Å². The van der Waals surface area contributed by atoms with E-state index < -0.39 is 22.3 Å². The number of nitro benzene ring substituents is 1. The van der Waals surface area contributed by atoms with Crippen molar-refractivity contribution in [2.75, 3.05) is 0 Å². The highest BCUT2D eigenvalue weighted by Gasteiger charge is 2.43. The summed E-state index contributed by atoms with van der Waals surface area (Å²) in [5, 5.41) is 11.9. The van der Waals surface area contributed by atoms with E-state index in [0.29, 0.717) is 10.6 Å². The molecule has 32 heavy (non-hydrogen) atoms. The van der Waals surface area contributed by atoms with Gasteiger partial charge in [0.15, 0.2) is 5.43 Å². The van der Waals surface area contributed by atoms with Gasteiger partial charge in [-0.25, -0.2) is 0 Å². The predicted octanol–water partition coefficient (Wildman–Crippen LogP) is 4.50. The lowest BCUT2D eigenvalue weighted by Gasteiger charge is -2.25. The second-order valence-corrected chi connectivity index (χ2v) is 7.80. The molecule has 8 nitrogen and oxygen atoms in total. The van der Waals surface area contributed by atoms with E-state index in [1.165, 1.54) is 29.2 Å².